The largest absolute Gasteiger partial charge is 0.358 e. The first kappa shape index (κ1) is 15.3. The van der Waals surface area contributed by atoms with Crippen molar-refractivity contribution in [3.8, 4) is 0 Å². The van der Waals surface area contributed by atoms with Crippen LogP contribution in [0.5, 0.6) is 0 Å². The Balaban J connectivity index is 2.04. The Morgan fingerprint density at radius 2 is 1.70 bits per heavy atom. The normalized spacial score (nSPS) is 23.9. The van der Waals surface area contributed by atoms with E-state index in [2.05, 4.69) is 19.2 Å². The SMILES string of the molecule is CCC1(CC)CCCN(C(=O)C2(C(=O)NC)CC2)CC1. The van der Waals surface area contributed by atoms with E-state index in [1.807, 2.05) is 4.90 Å². The van der Waals surface area contributed by atoms with Gasteiger partial charge in [0.15, 0.2) is 0 Å². The molecule has 2 aliphatic rings. The summed E-state index contributed by atoms with van der Waals surface area (Å²) in [6.07, 6.45) is 7.16. The molecule has 0 aromatic carbocycles. The first-order valence-corrected chi connectivity index (χ1v) is 8.05. The molecule has 1 saturated heterocycles. The number of rotatable bonds is 4. The van der Waals surface area contributed by atoms with Gasteiger partial charge in [-0.15, -0.1) is 0 Å². The molecule has 114 valence electrons. The number of carbonyl (C=O) groups is 2. The molecule has 4 nitrogen and oxygen atoms in total. The molecule has 4 heteroatoms. The Hall–Kier alpha value is -1.06. The maximum absolute atomic E-state index is 12.7. The number of nitrogens with zero attached hydrogens (tertiary/aromatic N) is 1. The van der Waals surface area contributed by atoms with Crippen molar-refractivity contribution in [3.63, 3.8) is 0 Å². The Kier molecular flexibility index (Phi) is 4.40. The van der Waals surface area contributed by atoms with Crippen molar-refractivity contribution in [2.75, 3.05) is 20.1 Å². The average molecular weight is 280 g/mol. The van der Waals surface area contributed by atoms with Gasteiger partial charge in [0, 0.05) is 20.1 Å². The predicted octanol–water partition coefficient (Wildman–Crippen LogP) is 2.33. The lowest BCUT2D eigenvalue weighted by Crippen LogP contribution is -2.45. The van der Waals surface area contributed by atoms with Gasteiger partial charge < -0.3 is 10.2 Å². The highest BCUT2D eigenvalue weighted by Crippen LogP contribution is 2.48. The second kappa shape index (κ2) is 5.74. The smallest absolute Gasteiger partial charge is 0.238 e. The minimum Gasteiger partial charge on any atom is -0.358 e. The van der Waals surface area contributed by atoms with Crippen molar-refractivity contribution in [1.82, 2.24) is 10.2 Å². The predicted molar refractivity (Wildman–Crippen MR) is 79.2 cm³/mol. The van der Waals surface area contributed by atoms with E-state index in [1.54, 1.807) is 7.05 Å². The van der Waals surface area contributed by atoms with Crippen LogP contribution in [0.4, 0.5) is 0 Å². The quantitative estimate of drug-likeness (QED) is 0.804. The average Bonchev–Trinajstić information content (AvgIpc) is 3.30. The lowest BCUT2D eigenvalue weighted by molar-refractivity contribution is -0.144. The molecule has 0 bridgehead atoms. The van der Waals surface area contributed by atoms with Crippen molar-refractivity contribution in [2.24, 2.45) is 10.8 Å². The fourth-order valence-corrected chi connectivity index (χ4v) is 3.62. The molecule has 0 spiro atoms. The zero-order chi connectivity index (χ0) is 14.8. The molecule has 1 aliphatic heterocycles. The lowest BCUT2D eigenvalue weighted by Gasteiger charge is -2.30. The topological polar surface area (TPSA) is 49.4 Å². The molecule has 0 unspecified atom stereocenters. The maximum Gasteiger partial charge on any atom is 0.238 e. The Morgan fingerprint density at radius 3 is 2.20 bits per heavy atom. The van der Waals surface area contributed by atoms with Gasteiger partial charge in [-0.1, -0.05) is 26.7 Å². The first-order chi connectivity index (χ1) is 9.53. The molecule has 0 aromatic heterocycles. The van der Waals surface area contributed by atoms with Crippen LogP contribution in [-0.2, 0) is 9.59 Å². The number of nitrogens with one attached hydrogen (secondary N) is 1. The summed E-state index contributed by atoms with van der Waals surface area (Å²) in [5, 5.41) is 2.66. The molecule has 1 aliphatic carbocycles. The number of amides is 2. The summed E-state index contributed by atoms with van der Waals surface area (Å²) in [4.78, 5) is 26.6. The third-order valence-electron chi connectivity index (χ3n) is 5.66. The monoisotopic (exact) mass is 280 g/mol. The summed E-state index contributed by atoms with van der Waals surface area (Å²) in [7, 11) is 1.62. The Labute approximate surface area is 122 Å². The van der Waals surface area contributed by atoms with Gasteiger partial charge in [0.1, 0.15) is 5.41 Å². The second-order valence-corrected chi connectivity index (χ2v) is 6.51. The minimum atomic E-state index is -0.722. The van der Waals surface area contributed by atoms with Gasteiger partial charge in [-0.05, 0) is 37.5 Å². The highest BCUT2D eigenvalue weighted by Gasteiger charge is 2.57. The minimum absolute atomic E-state index is 0.0693. The summed E-state index contributed by atoms with van der Waals surface area (Å²) in [6.45, 7) is 6.15. The Bertz CT molecular complexity index is 384. The third-order valence-corrected chi connectivity index (χ3v) is 5.66. The first-order valence-electron chi connectivity index (χ1n) is 8.05. The zero-order valence-corrected chi connectivity index (χ0v) is 13.1. The van der Waals surface area contributed by atoms with Crippen LogP contribution in [0.15, 0.2) is 0 Å². The van der Waals surface area contributed by atoms with Gasteiger partial charge in [-0.25, -0.2) is 0 Å². The molecule has 1 N–H and O–H groups in total. The molecular weight excluding hydrogens is 252 g/mol. The molecule has 0 aromatic rings. The second-order valence-electron chi connectivity index (χ2n) is 6.51. The van der Waals surface area contributed by atoms with Gasteiger partial charge in [0.2, 0.25) is 11.8 Å². The maximum atomic E-state index is 12.7. The van der Waals surface area contributed by atoms with E-state index in [0.29, 0.717) is 18.3 Å². The van der Waals surface area contributed by atoms with Crippen molar-refractivity contribution >= 4 is 11.8 Å². The molecular formula is C16H28N2O2. The number of likely N-dealkylation sites (tertiary alicyclic amines) is 1. The molecule has 1 saturated carbocycles. The van der Waals surface area contributed by atoms with Crippen molar-refractivity contribution in [3.05, 3.63) is 0 Å². The van der Waals surface area contributed by atoms with Crippen LogP contribution in [-0.4, -0.2) is 36.9 Å². The van der Waals surface area contributed by atoms with Crippen LogP contribution >= 0.6 is 0 Å². The van der Waals surface area contributed by atoms with Gasteiger partial charge in [-0.3, -0.25) is 9.59 Å². The van der Waals surface area contributed by atoms with Gasteiger partial charge >= 0.3 is 0 Å². The molecule has 1 heterocycles. The van der Waals surface area contributed by atoms with Crippen LogP contribution in [0.25, 0.3) is 0 Å². The molecule has 0 atom stereocenters. The summed E-state index contributed by atoms with van der Waals surface area (Å²) in [5.74, 6) is -0.0242. The van der Waals surface area contributed by atoms with Crippen LogP contribution in [0, 0.1) is 10.8 Å². The van der Waals surface area contributed by atoms with E-state index in [-0.39, 0.29) is 11.8 Å². The standard InChI is InChI=1S/C16H28N2O2/c1-4-15(5-2)7-6-11-18(12-10-15)14(20)16(8-9-16)13(19)17-3/h4-12H2,1-3H3,(H,17,19). The summed E-state index contributed by atoms with van der Waals surface area (Å²) in [5.41, 5.74) is -0.320. The highest BCUT2D eigenvalue weighted by molar-refractivity contribution is 6.07. The van der Waals surface area contributed by atoms with Crippen molar-refractivity contribution in [2.45, 2.75) is 58.8 Å². The molecule has 2 rings (SSSR count). The fraction of sp³-hybridized carbons (Fsp3) is 0.875. The van der Waals surface area contributed by atoms with Crippen LogP contribution in [0.3, 0.4) is 0 Å². The van der Waals surface area contributed by atoms with Gasteiger partial charge in [0.25, 0.3) is 0 Å². The van der Waals surface area contributed by atoms with E-state index in [1.165, 1.54) is 19.3 Å². The molecule has 0 radical (unpaired) electrons. The van der Waals surface area contributed by atoms with E-state index >= 15 is 0 Å². The number of carbonyl (C=O) groups excluding carboxylic acids is 2. The van der Waals surface area contributed by atoms with Crippen molar-refractivity contribution < 1.29 is 9.59 Å². The zero-order valence-electron chi connectivity index (χ0n) is 13.1. The fourth-order valence-electron chi connectivity index (χ4n) is 3.62. The molecule has 20 heavy (non-hydrogen) atoms. The summed E-state index contributed by atoms with van der Waals surface area (Å²) in [6, 6.07) is 0. The highest BCUT2D eigenvalue weighted by atomic mass is 16.2. The van der Waals surface area contributed by atoms with Crippen LogP contribution < -0.4 is 5.32 Å². The summed E-state index contributed by atoms with van der Waals surface area (Å²) >= 11 is 0. The van der Waals surface area contributed by atoms with E-state index in [0.717, 1.165) is 25.9 Å². The van der Waals surface area contributed by atoms with Crippen LogP contribution in [0.2, 0.25) is 0 Å². The van der Waals surface area contributed by atoms with Crippen molar-refractivity contribution in [1.29, 1.82) is 0 Å². The third kappa shape index (κ3) is 2.57. The summed E-state index contributed by atoms with van der Waals surface area (Å²) < 4.78 is 0. The van der Waals surface area contributed by atoms with Gasteiger partial charge in [-0.2, -0.15) is 0 Å². The van der Waals surface area contributed by atoms with E-state index in [9.17, 15) is 9.59 Å². The molecule has 2 fully saturated rings. The van der Waals surface area contributed by atoms with E-state index < -0.39 is 5.41 Å². The number of hydrogen-bond acceptors (Lipinski definition) is 2. The van der Waals surface area contributed by atoms with Crippen LogP contribution in [0.1, 0.15) is 58.8 Å². The Morgan fingerprint density at radius 1 is 1.05 bits per heavy atom. The van der Waals surface area contributed by atoms with Gasteiger partial charge in [0.05, 0.1) is 0 Å². The van der Waals surface area contributed by atoms with E-state index in [4.69, 9.17) is 0 Å². The molecule has 2 amide bonds. The lowest BCUT2D eigenvalue weighted by atomic mass is 9.76. The number of hydrogen-bond donors (Lipinski definition) is 1.